The molecule has 0 spiro atoms. The molecular formula is C20H22N4O2. The Morgan fingerprint density at radius 2 is 2.19 bits per heavy atom. The van der Waals surface area contributed by atoms with Crippen LogP contribution in [0, 0.1) is 0 Å². The van der Waals surface area contributed by atoms with E-state index in [0.29, 0.717) is 6.61 Å². The molecule has 0 fully saturated rings. The summed E-state index contributed by atoms with van der Waals surface area (Å²) in [7, 11) is 1.68. The number of aromatic nitrogens is 3. The van der Waals surface area contributed by atoms with E-state index in [-0.39, 0.29) is 6.10 Å². The van der Waals surface area contributed by atoms with Gasteiger partial charge in [0.15, 0.2) is 0 Å². The van der Waals surface area contributed by atoms with E-state index < -0.39 is 0 Å². The summed E-state index contributed by atoms with van der Waals surface area (Å²) in [6.45, 7) is 2.89. The number of hydrogen-bond acceptors (Lipinski definition) is 5. The van der Waals surface area contributed by atoms with E-state index in [4.69, 9.17) is 14.5 Å². The van der Waals surface area contributed by atoms with Crippen molar-refractivity contribution in [1.29, 1.82) is 0 Å². The SMILES string of the molecule is COc1ccccc1-c1cn2c(n1)COC(CNCc1cccnc1)C2. The largest absolute Gasteiger partial charge is 0.496 e. The number of pyridine rings is 1. The van der Waals surface area contributed by atoms with Gasteiger partial charge in [-0.1, -0.05) is 18.2 Å². The van der Waals surface area contributed by atoms with Gasteiger partial charge >= 0.3 is 0 Å². The van der Waals surface area contributed by atoms with Gasteiger partial charge in [-0.05, 0) is 23.8 Å². The molecule has 6 nitrogen and oxygen atoms in total. The van der Waals surface area contributed by atoms with Gasteiger partial charge in [0, 0.05) is 37.2 Å². The highest BCUT2D eigenvalue weighted by molar-refractivity contribution is 5.66. The van der Waals surface area contributed by atoms with Gasteiger partial charge in [-0.3, -0.25) is 4.98 Å². The second-order valence-electron chi connectivity index (χ2n) is 6.32. The van der Waals surface area contributed by atoms with Crippen molar-refractivity contribution in [1.82, 2.24) is 19.9 Å². The van der Waals surface area contributed by atoms with Crippen LogP contribution in [-0.2, 0) is 24.4 Å². The summed E-state index contributed by atoms with van der Waals surface area (Å²) in [5.74, 6) is 1.79. The molecule has 1 unspecified atom stereocenters. The van der Waals surface area contributed by atoms with Crippen LogP contribution in [0.15, 0.2) is 55.0 Å². The lowest BCUT2D eigenvalue weighted by Gasteiger charge is -2.24. The fourth-order valence-electron chi connectivity index (χ4n) is 3.18. The Kier molecular flexibility index (Phi) is 4.95. The van der Waals surface area contributed by atoms with Gasteiger partial charge in [0.1, 0.15) is 18.2 Å². The maximum Gasteiger partial charge on any atom is 0.135 e. The van der Waals surface area contributed by atoms with Gasteiger partial charge in [0.05, 0.1) is 25.5 Å². The molecule has 1 aliphatic heterocycles. The van der Waals surface area contributed by atoms with Crippen LogP contribution in [0.25, 0.3) is 11.3 Å². The van der Waals surface area contributed by atoms with Crippen molar-refractivity contribution in [2.75, 3.05) is 13.7 Å². The maximum atomic E-state index is 5.96. The van der Waals surface area contributed by atoms with Crippen LogP contribution < -0.4 is 10.1 Å². The van der Waals surface area contributed by atoms with Crippen molar-refractivity contribution in [3.63, 3.8) is 0 Å². The van der Waals surface area contributed by atoms with Crippen LogP contribution >= 0.6 is 0 Å². The van der Waals surface area contributed by atoms with Crippen molar-refractivity contribution in [3.8, 4) is 17.0 Å². The first kappa shape index (κ1) is 16.8. The van der Waals surface area contributed by atoms with Gasteiger partial charge in [0.25, 0.3) is 0 Å². The molecule has 6 heteroatoms. The predicted molar refractivity (Wildman–Crippen MR) is 98.7 cm³/mol. The van der Waals surface area contributed by atoms with Gasteiger partial charge < -0.3 is 19.4 Å². The third kappa shape index (κ3) is 3.61. The molecule has 0 saturated heterocycles. The van der Waals surface area contributed by atoms with Crippen LogP contribution in [0.3, 0.4) is 0 Å². The van der Waals surface area contributed by atoms with E-state index in [2.05, 4.69) is 27.1 Å². The Morgan fingerprint density at radius 3 is 3.04 bits per heavy atom. The third-order valence-electron chi connectivity index (χ3n) is 4.51. The highest BCUT2D eigenvalue weighted by atomic mass is 16.5. The fraction of sp³-hybridized carbons (Fsp3) is 0.300. The molecule has 134 valence electrons. The lowest BCUT2D eigenvalue weighted by Crippen LogP contribution is -2.35. The standard InChI is InChI=1S/C20H22N4O2/c1-25-19-7-3-2-6-17(19)18-13-24-12-16(26-14-20(24)23-18)11-22-10-15-5-4-8-21-9-15/h2-9,13,16,22H,10-12,14H2,1H3. The second-order valence-corrected chi connectivity index (χ2v) is 6.32. The molecule has 1 aliphatic rings. The molecule has 3 aromatic rings. The molecule has 1 atom stereocenters. The van der Waals surface area contributed by atoms with Crippen LogP contribution in [0.5, 0.6) is 5.75 Å². The Labute approximate surface area is 152 Å². The number of imidazole rings is 1. The lowest BCUT2D eigenvalue weighted by atomic mass is 10.1. The molecule has 4 rings (SSSR count). The van der Waals surface area contributed by atoms with E-state index in [9.17, 15) is 0 Å². The van der Waals surface area contributed by atoms with E-state index in [0.717, 1.165) is 42.5 Å². The zero-order valence-corrected chi connectivity index (χ0v) is 14.8. The molecular weight excluding hydrogens is 328 g/mol. The highest BCUT2D eigenvalue weighted by Gasteiger charge is 2.21. The number of benzene rings is 1. The summed E-state index contributed by atoms with van der Waals surface area (Å²) >= 11 is 0. The Morgan fingerprint density at radius 1 is 1.27 bits per heavy atom. The Balaban J connectivity index is 1.40. The zero-order chi connectivity index (χ0) is 17.8. The molecule has 1 N–H and O–H groups in total. The van der Waals surface area contributed by atoms with Crippen LogP contribution in [0.2, 0.25) is 0 Å². The quantitative estimate of drug-likeness (QED) is 0.741. The topological polar surface area (TPSA) is 61.2 Å². The molecule has 2 aromatic heterocycles. The number of para-hydroxylation sites is 1. The van der Waals surface area contributed by atoms with Gasteiger partial charge in [0.2, 0.25) is 0 Å². The summed E-state index contributed by atoms with van der Waals surface area (Å²) in [5, 5.41) is 3.44. The molecule has 0 aliphatic carbocycles. The third-order valence-corrected chi connectivity index (χ3v) is 4.51. The highest BCUT2D eigenvalue weighted by Crippen LogP contribution is 2.30. The Bertz CT molecular complexity index is 863. The number of hydrogen-bond donors (Lipinski definition) is 1. The summed E-state index contributed by atoms with van der Waals surface area (Å²) in [6.07, 6.45) is 5.87. The summed E-state index contributed by atoms with van der Waals surface area (Å²) < 4.78 is 13.6. The average molecular weight is 350 g/mol. The summed E-state index contributed by atoms with van der Waals surface area (Å²) in [6, 6.07) is 12.0. The monoisotopic (exact) mass is 350 g/mol. The normalized spacial score (nSPS) is 16.3. The molecule has 0 amide bonds. The van der Waals surface area contributed by atoms with Gasteiger partial charge in [-0.25, -0.2) is 4.98 Å². The van der Waals surface area contributed by atoms with E-state index >= 15 is 0 Å². The van der Waals surface area contributed by atoms with Gasteiger partial charge in [-0.15, -0.1) is 0 Å². The molecule has 3 heterocycles. The molecule has 0 saturated carbocycles. The van der Waals surface area contributed by atoms with Crippen LogP contribution in [0.1, 0.15) is 11.4 Å². The van der Waals surface area contributed by atoms with Crippen molar-refractivity contribution in [3.05, 3.63) is 66.4 Å². The fourth-order valence-corrected chi connectivity index (χ4v) is 3.18. The minimum Gasteiger partial charge on any atom is -0.496 e. The first-order chi connectivity index (χ1) is 12.8. The lowest BCUT2D eigenvalue weighted by molar-refractivity contribution is 0.00278. The maximum absolute atomic E-state index is 5.96. The van der Waals surface area contributed by atoms with Gasteiger partial charge in [-0.2, -0.15) is 0 Å². The van der Waals surface area contributed by atoms with Crippen LogP contribution in [0.4, 0.5) is 0 Å². The Hall–Kier alpha value is -2.70. The van der Waals surface area contributed by atoms with Crippen molar-refractivity contribution in [2.24, 2.45) is 0 Å². The predicted octanol–water partition coefficient (Wildman–Crippen LogP) is 2.64. The molecule has 26 heavy (non-hydrogen) atoms. The minimum atomic E-state index is 0.124. The van der Waals surface area contributed by atoms with E-state index in [1.165, 1.54) is 5.56 Å². The zero-order valence-electron chi connectivity index (χ0n) is 14.8. The van der Waals surface area contributed by atoms with Crippen molar-refractivity contribution < 1.29 is 9.47 Å². The minimum absolute atomic E-state index is 0.124. The van der Waals surface area contributed by atoms with E-state index in [1.807, 2.05) is 36.5 Å². The summed E-state index contributed by atoms with van der Waals surface area (Å²) in [4.78, 5) is 8.85. The number of ether oxygens (including phenoxy) is 2. The smallest absolute Gasteiger partial charge is 0.135 e. The molecule has 1 aromatic carbocycles. The second kappa shape index (κ2) is 7.68. The first-order valence-electron chi connectivity index (χ1n) is 8.74. The number of nitrogens with zero attached hydrogens (tertiary/aromatic N) is 3. The number of rotatable bonds is 6. The van der Waals surface area contributed by atoms with Crippen LogP contribution in [-0.4, -0.2) is 34.3 Å². The summed E-state index contributed by atoms with van der Waals surface area (Å²) in [5.41, 5.74) is 3.10. The average Bonchev–Trinajstić information content (AvgIpc) is 3.12. The van der Waals surface area contributed by atoms with E-state index in [1.54, 1.807) is 13.3 Å². The van der Waals surface area contributed by atoms with Crippen molar-refractivity contribution in [2.45, 2.75) is 25.8 Å². The first-order valence-corrected chi connectivity index (χ1v) is 8.74. The molecule has 0 radical (unpaired) electrons. The number of fused-ring (bicyclic) bond motifs is 1. The number of methoxy groups -OCH3 is 1. The number of nitrogens with one attached hydrogen (secondary N) is 1. The van der Waals surface area contributed by atoms with Crippen molar-refractivity contribution >= 4 is 0 Å². The molecule has 0 bridgehead atoms.